The van der Waals surface area contributed by atoms with E-state index in [-0.39, 0.29) is 5.41 Å². The van der Waals surface area contributed by atoms with Crippen LogP contribution in [0.4, 0.5) is 11.4 Å². The molecule has 0 saturated heterocycles. The normalized spacial score (nSPS) is 19.5. The van der Waals surface area contributed by atoms with Crippen LogP contribution in [-0.4, -0.2) is 42.6 Å². The van der Waals surface area contributed by atoms with Crippen molar-refractivity contribution in [2.75, 3.05) is 42.6 Å². The van der Waals surface area contributed by atoms with Gasteiger partial charge in [-0.1, -0.05) is 54.6 Å². The average molecular weight is 469 g/mol. The fourth-order valence-corrected chi connectivity index (χ4v) is 5.20. The molecule has 1 aliphatic heterocycles. The van der Waals surface area contributed by atoms with E-state index in [1.807, 2.05) is 0 Å². The van der Waals surface area contributed by atoms with Gasteiger partial charge in [0.05, 0.1) is 12.2 Å². The molecule has 0 spiro atoms. The van der Waals surface area contributed by atoms with Crippen LogP contribution in [-0.2, 0) is 5.41 Å². The van der Waals surface area contributed by atoms with E-state index in [2.05, 4.69) is 145 Å². The SMILES string of the molecule is CCN(CC)C1=CC=CC(C=CN2C=CCN2c2cccc(N(CC)CC)c2)(c2ccccc2)C1. The van der Waals surface area contributed by atoms with Crippen LogP contribution in [0.3, 0.4) is 0 Å². The van der Waals surface area contributed by atoms with E-state index in [1.165, 1.54) is 22.6 Å². The van der Waals surface area contributed by atoms with Gasteiger partial charge in [-0.15, -0.1) is 0 Å². The Bertz CT molecular complexity index is 1080. The Hall–Kier alpha value is -3.40. The Balaban J connectivity index is 1.64. The van der Waals surface area contributed by atoms with Gasteiger partial charge in [0.15, 0.2) is 0 Å². The molecule has 4 rings (SSSR count). The lowest BCUT2D eigenvalue weighted by molar-refractivity contribution is 0.351. The molecule has 184 valence electrons. The summed E-state index contributed by atoms with van der Waals surface area (Å²) in [6, 6.07) is 19.8. The van der Waals surface area contributed by atoms with Gasteiger partial charge in [0, 0.05) is 61.8 Å². The number of hydrogen-bond donors (Lipinski definition) is 0. The van der Waals surface area contributed by atoms with E-state index in [1.54, 1.807) is 0 Å². The smallest absolute Gasteiger partial charge is 0.0602 e. The van der Waals surface area contributed by atoms with Crippen molar-refractivity contribution >= 4 is 11.4 Å². The first-order valence-corrected chi connectivity index (χ1v) is 13.1. The summed E-state index contributed by atoms with van der Waals surface area (Å²) < 4.78 is 0. The molecule has 1 aliphatic carbocycles. The Kier molecular flexibility index (Phi) is 8.02. The molecule has 2 aromatic rings. The highest BCUT2D eigenvalue weighted by Crippen LogP contribution is 2.38. The first-order valence-electron chi connectivity index (χ1n) is 13.1. The summed E-state index contributed by atoms with van der Waals surface area (Å²) in [5.41, 5.74) is 5.02. The summed E-state index contributed by atoms with van der Waals surface area (Å²) in [5, 5.41) is 4.56. The molecule has 0 saturated carbocycles. The highest BCUT2D eigenvalue weighted by atomic mass is 15.6. The molecule has 1 heterocycles. The van der Waals surface area contributed by atoms with E-state index < -0.39 is 0 Å². The largest absolute Gasteiger partial charge is 0.375 e. The molecule has 0 fully saturated rings. The predicted octanol–water partition coefficient (Wildman–Crippen LogP) is 6.72. The number of anilines is 2. The fourth-order valence-electron chi connectivity index (χ4n) is 5.20. The summed E-state index contributed by atoms with van der Waals surface area (Å²) in [6.45, 7) is 13.8. The molecular formula is C31H40N4. The zero-order valence-corrected chi connectivity index (χ0v) is 21.8. The maximum Gasteiger partial charge on any atom is 0.0602 e. The van der Waals surface area contributed by atoms with Gasteiger partial charge < -0.3 is 9.80 Å². The minimum atomic E-state index is -0.181. The van der Waals surface area contributed by atoms with E-state index in [9.17, 15) is 0 Å². The predicted molar refractivity (Wildman–Crippen MR) is 150 cm³/mol. The third kappa shape index (κ3) is 5.32. The quantitative estimate of drug-likeness (QED) is 0.384. The van der Waals surface area contributed by atoms with Crippen molar-refractivity contribution in [1.82, 2.24) is 9.91 Å². The first kappa shape index (κ1) is 24.7. The van der Waals surface area contributed by atoms with Gasteiger partial charge in [0.1, 0.15) is 0 Å². The Morgan fingerprint density at radius 2 is 1.63 bits per heavy atom. The minimum Gasteiger partial charge on any atom is -0.375 e. The van der Waals surface area contributed by atoms with Crippen molar-refractivity contribution in [3.63, 3.8) is 0 Å². The third-order valence-corrected chi connectivity index (χ3v) is 7.23. The van der Waals surface area contributed by atoms with Crippen LogP contribution in [0.15, 0.2) is 103 Å². The number of allylic oxidation sites excluding steroid dienone is 5. The molecule has 35 heavy (non-hydrogen) atoms. The Labute approximate surface area is 212 Å². The molecule has 0 bridgehead atoms. The van der Waals surface area contributed by atoms with Crippen LogP contribution in [0, 0.1) is 0 Å². The van der Waals surface area contributed by atoms with E-state index in [4.69, 9.17) is 0 Å². The zero-order valence-electron chi connectivity index (χ0n) is 21.8. The number of rotatable bonds is 10. The summed E-state index contributed by atoms with van der Waals surface area (Å²) in [6.07, 6.45) is 16.9. The molecule has 1 unspecified atom stereocenters. The van der Waals surface area contributed by atoms with E-state index in [0.29, 0.717) is 0 Å². The lowest BCUT2D eigenvalue weighted by atomic mass is 9.74. The van der Waals surface area contributed by atoms with Crippen LogP contribution in [0.2, 0.25) is 0 Å². The van der Waals surface area contributed by atoms with Crippen LogP contribution in [0.25, 0.3) is 0 Å². The van der Waals surface area contributed by atoms with Gasteiger partial charge in [-0.3, -0.25) is 10.0 Å². The van der Waals surface area contributed by atoms with Gasteiger partial charge in [-0.05, 0) is 63.6 Å². The van der Waals surface area contributed by atoms with Crippen LogP contribution in [0.1, 0.15) is 39.7 Å². The highest BCUT2D eigenvalue weighted by Gasteiger charge is 2.31. The summed E-state index contributed by atoms with van der Waals surface area (Å²) in [7, 11) is 0. The van der Waals surface area contributed by atoms with Gasteiger partial charge >= 0.3 is 0 Å². The van der Waals surface area contributed by atoms with Gasteiger partial charge in [-0.25, -0.2) is 0 Å². The average Bonchev–Trinajstić information content (AvgIpc) is 3.39. The van der Waals surface area contributed by atoms with Crippen molar-refractivity contribution in [3.05, 3.63) is 109 Å². The maximum absolute atomic E-state index is 2.47. The lowest BCUT2D eigenvalue weighted by Crippen LogP contribution is -2.34. The first-order chi connectivity index (χ1) is 17.1. The molecule has 0 aromatic heterocycles. The molecule has 4 heteroatoms. The number of nitrogens with zero attached hydrogens (tertiary/aromatic N) is 4. The molecule has 0 amide bonds. The summed E-state index contributed by atoms with van der Waals surface area (Å²) in [4.78, 5) is 4.86. The van der Waals surface area contributed by atoms with Crippen molar-refractivity contribution in [3.8, 4) is 0 Å². The van der Waals surface area contributed by atoms with Crippen molar-refractivity contribution in [2.24, 2.45) is 0 Å². The van der Waals surface area contributed by atoms with Gasteiger partial charge in [0.25, 0.3) is 0 Å². The summed E-state index contributed by atoms with van der Waals surface area (Å²) >= 11 is 0. The Morgan fingerprint density at radius 1 is 0.886 bits per heavy atom. The molecule has 4 nitrogen and oxygen atoms in total. The minimum absolute atomic E-state index is 0.181. The fraction of sp³-hybridized carbons (Fsp3) is 0.355. The molecular weight excluding hydrogens is 428 g/mol. The van der Waals surface area contributed by atoms with Crippen LogP contribution < -0.4 is 9.91 Å². The maximum atomic E-state index is 2.47. The number of hydrazine groups is 1. The monoisotopic (exact) mass is 468 g/mol. The molecule has 0 radical (unpaired) electrons. The van der Waals surface area contributed by atoms with Crippen molar-refractivity contribution < 1.29 is 0 Å². The third-order valence-electron chi connectivity index (χ3n) is 7.23. The number of hydrogen-bond acceptors (Lipinski definition) is 4. The van der Waals surface area contributed by atoms with E-state index in [0.717, 1.165) is 39.1 Å². The molecule has 1 atom stereocenters. The van der Waals surface area contributed by atoms with Crippen LogP contribution >= 0.6 is 0 Å². The second kappa shape index (κ2) is 11.4. The zero-order chi connectivity index (χ0) is 24.7. The second-order valence-electron chi connectivity index (χ2n) is 9.13. The van der Waals surface area contributed by atoms with Crippen molar-refractivity contribution in [1.29, 1.82) is 0 Å². The van der Waals surface area contributed by atoms with E-state index >= 15 is 0 Å². The topological polar surface area (TPSA) is 13.0 Å². The van der Waals surface area contributed by atoms with Gasteiger partial charge in [0.2, 0.25) is 0 Å². The highest BCUT2D eigenvalue weighted by molar-refractivity contribution is 5.60. The summed E-state index contributed by atoms with van der Waals surface area (Å²) in [5.74, 6) is 0. The second-order valence-corrected chi connectivity index (χ2v) is 9.13. The standard InChI is InChI=1S/C31H40N4/c1-5-32(6-2)28-17-12-18-29(25-28)35-23-14-22-34(35)24-21-31(27-15-10-9-11-16-27)20-13-19-30(26-31)33(7-3)8-4/h9-22,24-25H,5-8,23,26H2,1-4H3. The van der Waals surface area contributed by atoms with Gasteiger partial charge in [-0.2, -0.15) is 0 Å². The van der Waals surface area contributed by atoms with Crippen LogP contribution in [0.5, 0.6) is 0 Å². The molecule has 2 aromatic carbocycles. The molecule has 0 N–H and O–H groups in total. The van der Waals surface area contributed by atoms with Crippen molar-refractivity contribution in [2.45, 2.75) is 39.5 Å². The molecule has 2 aliphatic rings. The lowest BCUT2D eigenvalue weighted by Gasteiger charge is -2.37. The number of benzene rings is 2. The Morgan fingerprint density at radius 3 is 2.34 bits per heavy atom.